The van der Waals surface area contributed by atoms with Crippen molar-refractivity contribution in [1.82, 2.24) is 5.32 Å². The number of halogens is 2. The Hall–Kier alpha value is -1.00. The second kappa shape index (κ2) is 6.07. The number of methoxy groups -OCH3 is 1. The largest absolute Gasteiger partial charge is 0.373 e. The summed E-state index contributed by atoms with van der Waals surface area (Å²) in [5.41, 5.74) is -0.0818. The summed E-state index contributed by atoms with van der Waals surface area (Å²) in [6.07, 6.45) is 1.33. The molecule has 1 N–H and O–H groups in total. The smallest absolute Gasteiger partial charge is 0.126 e. The monoisotopic (exact) mass is 243 g/mol. The molecule has 0 bridgehead atoms. The minimum Gasteiger partial charge on any atom is -0.373 e. The lowest BCUT2D eigenvalue weighted by Gasteiger charge is -2.32. The van der Waals surface area contributed by atoms with E-state index in [-0.39, 0.29) is 0 Å². The maximum absolute atomic E-state index is 13.2. The van der Waals surface area contributed by atoms with E-state index < -0.39 is 17.2 Å². The zero-order valence-corrected chi connectivity index (χ0v) is 10.5. The number of rotatable bonds is 6. The third-order valence-corrected chi connectivity index (χ3v) is 3.13. The van der Waals surface area contributed by atoms with E-state index in [1.54, 1.807) is 7.11 Å². The lowest BCUT2D eigenvalue weighted by Crippen LogP contribution is -2.31. The van der Waals surface area contributed by atoms with Crippen LogP contribution in [0.1, 0.15) is 25.3 Å². The first-order chi connectivity index (χ1) is 8.07. The summed E-state index contributed by atoms with van der Waals surface area (Å²) < 4.78 is 32.0. The fraction of sp³-hybridized carbons (Fsp3) is 0.538. The van der Waals surface area contributed by atoms with Gasteiger partial charge in [0, 0.05) is 13.2 Å². The van der Waals surface area contributed by atoms with E-state index >= 15 is 0 Å². The molecule has 0 aromatic heterocycles. The normalized spacial score (nSPS) is 14.6. The molecule has 0 spiro atoms. The molecule has 0 amide bonds. The van der Waals surface area contributed by atoms with Crippen LogP contribution in [0, 0.1) is 11.6 Å². The summed E-state index contributed by atoms with van der Waals surface area (Å²) in [4.78, 5) is 0. The van der Waals surface area contributed by atoms with E-state index in [0.717, 1.165) is 12.6 Å². The van der Waals surface area contributed by atoms with E-state index in [1.165, 1.54) is 12.1 Å². The quantitative estimate of drug-likeness (QED) is 0.829. The summed E-state index contributed by atoms with van der Waals surface area (Å²) >= 11 is 0. The highest BCUT2D eigenvalue weighted by atomic mass is 19.1. The molecule has 96 valence electrons. The number of nitrogens with one attached hydrogen (secondary N) is 1. The van der Waals surface area contributed by atoms with E-state index in [1.807, 2.05) is 14.0 Å². The average Bonchev–Trinajstić information content (AvgIpc) is 2.30. The van der Waals surface area contributed by atoms with Gasteiger partial charge in [0.25, 0.3) is 0 Å². The van der Waals surface area contributed by atoms with Crippen molar-refractivity contribution in [3.63, 3.8) is 0 Å². The number of benzene rings is 1. The molecule has 0 saturated carbocycles. The Bertz CT molecular complexity index is 344. The maximum Gasteiger partial charge on any atom is 0.126 e. The SMILES string of the molecule is CCC(CCNC)(OC)c1cc(F)cc(F)c1. The van der Waals surface area contributed by atoms with Crippen LogP contribution >= 0.6 is 0 Å². The van der Waals surface area contributed by atoms with Crippen LogP contribution in [-0.4, -0.2) is 20.7 Å². The lowest BCUT2D eigenvalue weighted by molar-refractivity contribution is -0.0253. The molecule has 0 aliphatic carbocycles. The van der Waals surface area contributed by atoms with Crippen LogP contribution in [0.3, 0.4) is 0 Å². The maximum atomic E-state index is 13.2. The highest BCUT2D eigenvalue weighted by Crippen LogP contribution is 2.33. The molecule has 1 atom stereocenters. The van der Waals surface area contributed by atoms with Gasteiger partial charge >= 0.3 is 0 Å². The minimum absolute atomic E-state index is 0.551. The van der Waals surface area contributed by atoms with Gasteiger partial charge in [0.15, 0.2) is 0 Å². The van der Waals surface area contributed by atoms with Gasteiger partial charge in [0.2, 0.25) is 0 Å². The van der Waals surface area contributed by atoms with Gasteiger partial charge in [-0.15, -0.1) is 0 Å². The molecule has 0 aliphatic heterocycles. The molecule has 1 unspecified atom stereocenters. The molecular weight excluding hydrogens is 224 g/mol. The molecule has 1 aromatic carbocycles. The Kier molecular flexibility index (Phi) is 5.02. The Balaban J connectivity index is 3.11. The predicted molar refractivity (Wildman–Crippen MR) is 63.9 cm³/mol. The Labute approximate surface area is 101 Å². The van der Waals surface area contributed by atoms with Crippen LogP contribution in [0.15, 0.2) is 18.2 Å². The fourth-order valence-electron chi connectivity index (χ4n) is 2.03. The first-order valence-corrected chi connectivity index (χ1v) is 5.74. The van der Waals surface area contributed by atoms with Crippen LogP contribution in [0.4, 0.5) is 8.78 Å². The molecule has 0 fully saturated rings. The van der Waals surface area contributed by atoms with Crippen molar-refractivity contribution in [1.29, 1.82) is 0 Å². The van der Waals surface area contributed by atoms with Crippen LogP contribution in [0.25, 0.3) is 0 Å². The summed E-state index contributed by atoms with van der Waals surface area (Å²) in [6.45, 7) is 2.67. The Morgan fingerprint density at radius 1 is 1.24 bits per heavy atom. The van der Waals surface area contributed by atoms with Gasteiger partial charge in [-0.2, -0.15) is 0 Å². The van der Waals surface area contributed by atoms with Crippen LogP contribution in [0.5, 0.6) is 0 Å². The Morgan fingerprint density at radius 3 is 2.24 bits per heavy atom. The third-order valence-electron chi connectivity index (χ3n) is 3.13. The minimum atomic E-state index is -0.633. The van der Waals surface area contributed by atoms with Gasteiger partial charge < -0.3 is 10.1 Å². The zero-order valence-electron chi connectivity index (χ0n) is 10.5. The van der Waals surface area contributed by atoms with Gasteiger partial charge in [-0.05, 0) is 44.1 Å². The van der Waals surface area contributed by atoms with E-state index in [2.05, 4.69) is 5.32 Å². The molecular formula is C13H19F2NO. The van der Waals surface area contributed by atoms with Crippen molar-refractivity contribution >= 4 is 0 Å². The molecule has 4 heteroatoms. The van der Waals surface area contributed by atoms with E-state index in [0.29, 0.717) is 18.4 Å². The van der Waals surface area contributed by atoms with Crippen molar-refractivity contribution in [3.05, 3.63) is 35.4 Å². The highest BCUT2D eigenvalue weighted by Gasteiger charge is 2.30. The van der Waals surface area contributed by atoms with Crippen molar-refractivity contribution < 1.29 is 13.5 Å². The number of ether oxygens (including phenoxy) is 1. The average molecular weight is 243 g/mol. The van der Waals surface area contributed by atoms with E-state index in [9.17, 15) is 8.78 Å². The van der Waals surface area contributed by atoms with Gasteiger partial charge in [-0.3, -0.25) is 0 Å². The molecule has 0 aliphatic rings. The lowest BCUT2D eigenvalue weighted by atomic mass is 9.87. The zero-order chi connectivity index (χ0) is 12.9. The van der Waals surface area contributed by atoms with E-state index in [4.69, 9.17) is 4.74 Å². The van der Waals surface area contributed by atoms with Gasteiger partial charge in [-0.1, -0.05) is 6.92 Å². The molecule has 1 rings (SSSR count). The number of hydrogen-bond acceptors (Lipinski definition) is 2. The molecule has 17 heavy (non-hydrogen) atoms. The fourth-order valence-corrected chi connectivity index (χ4v) is 2.03. The summed E-state index contributed by atoms with van der Waals surface area (Å²) in [5, 5.41) is 3.02. The van der Waals surface area contributed by atoms with Gasteiger partial charge in [0.1, 0.15) is 11.6 Å². The first kappa shape index (κ1) is 14.1. The summed E-state index contributed by atoms with van der Waals surface area (Å²) in [6, 6.07) is 3.55. The van der Waals surface area contributed by atoms with Crippen LogP contribution < -0.4 is 5.32 Å². The molecule has 0 radical (unpaired) electrons. The van der Waals surface area contributed by atoms with Crippen molar-refractivity contribution in [2.24, 2.45) is 0 Å². The predicted octanol–water partition coefficient (Wildman–Crippen LogP) is 2.83. The molecule has 1 aromatic rings. The molecule has 0 saturated heterocycles. The first-order valence-electron chi connectivity index (χ1n) is 5.74. The second-order valence-corrected chi connectivity index (χ2v) is 4.06. The van der Waals surface area contributed by atoms with Crippen molar-refractivity contribution in [2.75, 3.05) is 20.7 Å². The van der Waals surface area contributed by atoms with Crippen molar-refractivity contribution in [2.45, 2.75) is 25.4 Å². The van der Waals surface area contributed by atoms with Gasteiger partial charge in [-0.25, -0.2) is 8.78 Å². The second-order valence-electron chi connectivity index (χ2n) is 4.06. The topological polar surface area (TPSA) is 21.3 Å². The highest BCUT2D eigenvalue weighted by molar-refractivity contribution is 5.24. The molecule has 2 nitrogen and oxygen atoms in total. The Morgan fingerprint density at radius 2 is 1.82 bits per heavy atom. The van der Waals surface area contributed by atoms with Crippen molar-refractivity contribution in [3.8, 4) is 0 Å². The number of hydrogen-bond donors (Lipinski definition) is 1. The van der Waals surface area contributed by atoms with Gasteiger partial charge in [0.05, 0.1) is 5.60 Å². The van der Waals surface area contributed by atoms with Crippen LogP contribution in [0.2, 0.25) is 0 Å². The third kappa shape index (κ3) is 3.23. The summed E-state index contributed by atoms with van der Waals surface area (Å²) in [7, 11) is 3.41. The summed E-state index contributed by atoms with van der Waals surface area (Å²) in [5.74, 6) is -1.14. The molecule has 0 heterocycles. The standard InChI is InChI=1S/C13H19F2NO/c1-4-13(17-3,5-6-16-2)10-7-11(14)9-12(15)8-10/h7-9,16H,4-6H2,1-3H3. The van der Waals surface area contributed by atoms with Crippen LogP contribution in [-0.2, 0) is 10.3 Å².